The van der Waals surface area contributed by atoms with Crippen molar-refractivity contribution in [1.29, 1.82) is 0 Å². The highest BCUT2D eigenvalue weighted by Crippen LogP contribution is 2.28. The first-order chi connectivity index (χ1) is 15.1. The molecule has 1 fully saturated rings. The summed E-state index contributed by atoms with van der Waals surface area (Å²) in [4.78, 5) is 16.8. The monoisotopic (exact) mass is 426 g/mol. The van der Waals surface area contributed by atoms with Crippen LogP contribution in [0.25, 0.3) is 6.08 Å². The van der Waals surface area contributed by atoms with E-state index in [2.05, 4.69) is 4.90 Å². The summed E-state index contributed by atoms with van der Waals surface area (Å²) in [5.41, 5.74) is 2.01. The van der Waals surface area contributed by atoms with Crippen molar-refractivity contribution in [2.24, 2.45) is 0 Å². The van der Waals surface area contributed by atoms with Gasteiger partial charge in [0.2, 0.25) is 5.91 Å². The fourth-order valence-corrected chi connectivity index (χ4v) is 3.56. The number of benzene rings is 2. The molecule has 7 nitrogen and oxygen atoms in total. The molecule has 1 heterocycles. The second-order valence-electron chi connectivity index (χ2n) is 7.27. The van der Waals surface area contributed by atoms with Gasteiger partial charge in [-0.25, -0.2) is 0 Å². The van der Waals surface area contributed by atoms with E-state index in [0.717, 1.165) is 42.3 Å². The average molecular weight is 427 g/mol. The Morgan fingerprint density at radius 1 is 0.839 bits per heavy atom. The van der Waals surface area contributed by atoms with Crippen LogP contribution >= 0.6 is 0 Å². The van der Waals surface area contributed by atoms with E-state index in [9.17, 15) is 4.79 Å². The van der Waals surface area contributed by atoms with Crippen LogP contribution in [0.2, 0.25) is 0 Å². The lowest BCUT2D eigenvalue weighted by atomic mass is 10.1. The summed E-state index contributed by atoms with van der Waals surface area (Å²) < 4.78 is 21.2. The van der Waals surface area contributed by atoms with E-state index in [1.165, 1.54) is 0 Å². The Balaban J connectivity index is 1.55. The molecule has 2 aromatic rings. The summed E-state index contributed by atoms with van der Waals surface area (Å²) in [5, 5.41) is 0. The van der Waals surface area contributed by atoms with E-state index in [0.29, 0.717) is 24.6 Å². The first-order valence-corrected chi connectivity index (χ1v) is 10.2. The number of ether oxygens (including phenoxy) is 4. The van der Waals surface area contributed by atoms with Gasteiger partial charge in [-0.2, -0.15) is 0 Å². The van der Waals surface area contributed by atoms with E-state index >= 15 is 0 Å². The predicted octanol–water partition coefficient (Wildman–Crippen LogP) is 3.08. The molecule has 0 N–H and O–H groups in total. The summed E-state index contributed by atoms with van der Waals surface area (Å²) in [6.45, 7) is 3.83. The molecule has 0 saturated carbocycles. The van der Waals surface area contributed by atoms with Crippen LogP contribution in [-0.4, -0.2) is 70.3 Å². The second kappa shape index (κ2) is 10.7. The molecule has 1 amide bonds. The Kier molecular flexibility index (Phi) is 7.78. The molecule has 0 bridgehead atoms. The van der Waals surface area contributed by atoms with Gasteiger partial charge in [-0.05, 0) is 41.5 Å². The normalized spacial score (nSPS) is 14.5. The molecule has 166 valence electrons. The third-order valence-corrected chi connectivity index (χ3v) is 5.33. The molecular formula is C24H30N2O5. The number of carbonyl (C=O) groups is 1. The lowest BCUT2D eigenvalue weighted by Gasteiger charge is -2.34. The number of methoxy groups -OCH3 is 4. The predicted molar refractivity (Wildman–Crippen MR) is 120 cm³/mol. The molecule has 7 heteroatoms. The quantitative estimate of drug-likeness (QED) is 0.605. The van der Waals surface area contributed by atoms with Crippen LogP contribution in [0.1, 0.15) is 11.1 Å². The first kappa shape index (κ1) is 22.5. The molecule has 0 radical (unpaired) electrons. The number of nitrogens with zero attached hydrogens (tertiary/aromatic N) is 2. The Labute approximate surface area is 183 Å². The summed E-state index contributed by atoms with van der Waals surface area (Å²) in [6.07, 6.45) is 3.40. The van der Waals surface area contributed by atoms with E-state index < -0.39 is 0 Å². The van der Waals surface area contributed by atoms with Gasteiger partial charge in [-0.3, -0.25) is 9.69 Å². The molecule has 3 rings (SSSR count). The number of carbonyl (C=O) groups excluding carboxylic acids is 1. The second-order valence-corrected chi connectivity index (χ2v) is 7.27. The SMILES string of the molecule is COc1cc(/C=C/C(=O)N2CCN(Cc3ccc(OC)c(OC)c3)CC2)cc(OC)c1. The van der Waals surface area contributed by atoms with Gasteiger partial charge in [-0.15, -0.1) is 0 Å². The van der Waals surface area contributed by atoms with Gasteiger partial charge in [0.15, 0.2) is 11.5 Å². The van der Waals surface area contributed by atoms with Crippen molar-refractivity contribution in [3.8, 4) is 23.0 Å². The van der Waals surface area contributed by atoms with Crippen LogP contribution in [0, 0.1) is 0 Å². The number of hydrogen-bond donors (Lipinski definition) is 0. The van der Waals surface area contributed by atoms with Gasteiger partial charge in [0.25, 0.3) is 0 Å². The third kappa shape index (κ3) is 5.92. The minimum atomic E-state index is 0.00699. The Morgan fingerprint density at radius 3 is 2.06 bits per heavy atom. The number of piperazine rings is 1. The van der Waals surface area contributed by atoms with Crippen LogP contribution < -0.4 is 18.9 Å². The van der Waals surface area contributed by atoms with Crippen LogP contribution in [0.3, 0.4) is 0 Å². The van der Waals surface area contributed by atoms with Crippen molar-refractivity contribution < 1.29 is 23.7 Å². The van der Waals surface area contributed by atoms with E-state index in [-0.39, 0.29) is 5.91 Å². The van der Waals surface area contributed by atoms with Crippen molar-refractivity contribution in [2.45, 2.75) is 6.54 Å². The molecule has 0 aliphatic carbocycles. The standard InChI is InChI=1S/C24H30N2O5/c1-28-20-13-18(14-21(16-20)29-2)6-8-24(27)26-11-9-25(10-12-26)17-19-5-7-22(30-3)23(15-19)31-4/h5-8,13-16H,9-12,17H2,1-4H3/b8-6+. The highest BCUT2D eigenvalue weighted by Gasteiger charge is 2.20. The molecule has 1 aliphatic heterocycles. The zero-order chi connectivity index (χ0) is 22.2. The first-order valence-electron chi connectivity index (χ1n) is 10.2. The summed E-state index contributed by atoms with van der Waals surface area (Å²) >= 11 is 0. The summed E-state index contributed by atoms with van der Waals surface area (Å²) in [7, 11) is 6.48. The van der Waals surface area contributed by atoms with Crippen LogP contribution in [0.15, 0.2) is 42.5 Å². The maximum absolute atomic E-state index is 12.6. The Hall–Kier alpha value is -3.19. The van der Waals surface area contributed by atoms with Gasteiger partial charge in [-0.1, -0.05) is 6.07 Å². The Morgan fingerprint density at radius 2 is 1.48 bits per heavy atom. The van der Waals surface area contributed by atoms with E-state index in [4.69, 9.17) is 18.9 Å². The summed E-state index contributed by atoms with van der Waals surface area (Å²) in [5.74, 6) is 2.84. The van der Waals surface area contributed by atoms with Gasteiger partial charge in [0.05, 0.1) is 28.4 Å². The minimum absolute atomic E-state index is 0.00699. The lowest BCUT2D eigenvalue weighted by molar-refractivity contribution is -0.127. The van der Waals surface area contributed by atoms with Crippen molar-refractivity contribution in [2.75, 3.05) is 54.6 Å². The molecule has 31 heavy (non-hydrogen) atoms. The van der Waals surface area contributed by atoms with Crippen molar-refractivity contribution in [1.82, 2.24) is 9.80 Å². The highest BCUT2D eigenvalue weighted by atomic mass is 16.5. The molecule has 0 aromatic heterocycles. The number of amides is 1. The topological polar surface area (TPSA) is 60.5 Å². The summed E-state index contributed by atoms with van der Waals surface area (Å²) in [6, 6.07) is 11.5. The molecule has 0 unspecified atom stereocenters. The van der Waals surface area contributed by atoms with Crippen LogP contribution in [-0.2, 0) is 11.3 Å². The van der Waals surface area contributed by atoms with Crippen LogP contribution in [0.5, 0.6) is 23.0 Å². The lowest BCUT2D eigenvalue weighted by Crippen LogP contribution is -2.47. The molecule has 2 aromatic carbocycles. The molecule has 0 atom stereocenters. The van der Waals surface area contributed by atoms with Gasteiger partial charge < -0.3 is 23.8 Å². The number of rotatable bonds is 8. The van der Waals surface area contributed by atoms with Gasteiger partial charge in [0, 0.05) is 44.9 Å². The largest absolute Gasteiger partial charge is 0.497 e. The zero-order valence-corrected chi connectivity index (χ0v) is 18.6. The van der Waals surface area contributed by atoms with Crippen molar-refractivity contribution in [3.05, 3.63) is 53.6 Å². The van der Waals surface area contributed by atoms with Crippen LogP contribution in [0.4, 0.5) is 0 Å². The molecule has 1 aliphatic rings. The van der Waals surface area contributed by atoms with Crippen molar-refractivity contribution >= 4 is 12.0 Å². The smallest absolute Gasteiger partial charge is 0.246 e. The third-order valence-electron chi connectivity index (χ3n) is 5.33. The maximum Gasteiger partial charge on any atom is 0.246 e. The zero-order valence-electron chi connectivity index (χ0n) is 18.6. The number of hydrogen-bond acceptors (Lipinski definition) is 6. The average Bonchev–Trinajstić information content (AvgIpc) is 2.82. The molecule has 0 spiro atoms. The van der Waals surface area contributed by atoms with E-state index in [1.54, 1.807) is 46.7 Å². The van der Waals surface area contributed by atoms with Gasteiger partial charge >= 0.3 is 0 Å². The van der Waals surface area contributed by atoms with E-state index in [1.807, 2.05) is 35.2 Å². The fourth-order valence-electron chi connectivity index (χ4n) is 3.56. The van der Waals surface area contributed by atoms with Crippen molar-refractivity contribution in [3.63, 3.8) is 0 Å². The maximum atomic E-state index is 12.6. The fraction of sp³-hybridized carbons (Fsp3) is 0.375. The Bertz CT molecular complexity index is 898. The minimum Gasteiger partial charge on any atom is -0.497 e. The highest BCUT2D eigenvalue weighted by molar-refractivity contribution is 5.92. The molecule has 1 saturated heterocycles. The van der Waals surface area contributed by atoms with Gasteiger partial charge in [0.1, 0.15) is 11.5 Å². The molecular weight excluding hydrogens is 396 g/mol.